The lowest BCUT2D eigenvalue weighted by Gasteiger charge is -1.89. The average molecular weight is 211 g/mol. The molecule has 1 N–H and O–H groups in total. The van der Waals surface area contributed by atoms with Crippen molar-refractivity contribution in [1.29, 1.82) is 0 Å². The summed E-state index contributed by atoms with van der Waals surface area (Å²) in [5.41, 5.74) is 0.619. The first-order valence-electron chi connectivity index (χ1n) is 4.06. The number of furan rings is 1. The Kier molecular flexibility index (Phi) is 2.17. The molecule has 4 heteroatoms. The maximum absolute atomic E-state index is 10.5. The summed E-state index contributed by atoms with van der Waals surface area (Å²) in [5.74, 6) is -0.647. The molecular formula is C10H7ClO3. The molecule has 0 saturated heterocycles. The van der Waals surface area contributed by atoms with Gasteiger partial charge in [0.05, 0.1) is 5.02 Å². The van der Waals surface area contributed by atoms with Crippen LogP contribution in [0.4, 0.5) is 0 Å². The molecular weight excluding hydrogens is 204 g/mol. The SMILES string of the molecule is O=C(O)Cc1oc2ccccc2c1Cl. The third-order valence-electron chi connectivity index (χ3n) is 1.91. The van der Waals surface area contributed by atoms with Crippen LogP contribution in [0.2, 0.25) is 5.02 Å². The zero-order chi connectivity index (χ0) is 10.1. The van der Waals surface area contributed by atoms with E-state index in [1.165, 1.54) is 0 Å². The minimum absolute atomic E-state index is 0.187. The normalized spacial score (nSPS) is 10.6. The van der Waals surface area contributed by atoms with Crippen molar-refractivity contribution in [1.82, 2.24) is 0 Å². The molecule has 0 radical (unpaired) electrons. The van der Waals surface area contributed by atoms with E-state index in [1.54, 1.807) is 12.1 Å². The van der Waals surface area contributed by atoms with Crippen molar-refractivity contribution in [3.8, 4) is 0 Å². The minimum Gasteiger partial charge on any atom is -0.481 e. The summed E-state index contributed by atoms with van der Waals surface area (Å²) in [4.78, 5) is 10.5. The fraction of sp³-hybridized carbons (Fsp3) is 0.100. The van der Waals surface area contributed by atoms with Crippen LogP contribution in [0.25, 0.3) is 11.0 Å². The number of fused-ring (bicyclic) bond motifs is 1. The summed E-state index contributed by atoms with van der Waals surface area (Å²) in [5, 5.41) is 9.74. The smallest absolute Gasteiger partial charge is 0.311 e. The Morgan fingerprint density at radius 2 is 2.14 bits per heavy atom. The molecule has 0 amide bonds. The quantitative estimate of drug-likeness (QED) is 0.829. The Morgan fingerprint density at radius 1 is 1.43 bits per heavy atom. The lowest BCUT2D eigenvalue weighted by Crippen LogP contribution is -1.98. The van der Waals surface area contributed by atoms with Gasteiger partial charge >= 0.3 is 5.97 Å². The van der Waals surface area contributed by atoms with E-state index in [1.807, 2.05) is 12.1 Å². The highest BCUT2D eigenvalue weighted by molar-refractivity contribution is 6.36. The van der Waals surface area contributed by atoms with E-state index in [0.717, 1.165) is 5.39 Å². The molecule has 0 unspecified atom stereocenters. The van der Waals surface area contributed by atoms with Crippen LogP contribution in [0.15, 0.2) is 28.7 Å². The lowest BCUT2D eigenvalue weighted by molar-refractivity contribution is -0.136. The molecule has 0 atom stereocenters. The van der Waals surface area contributed by atoms with Crippen LogP contribution in [-0.4, -0.2) is 11.1 Å². The predicted octanol–water partition coefficient (Wildman–Crippen LogP) is 2.71. The third kappa shape index (κ3) is 1.46. The van der Waals surface area contributed by atoms with E-state index in [4.69, 9.17) is 21.1 Å². The average Bonchev–Trinajstić information content (AvgIpc) is 2.44. The van der Waals surface area contributed by atoms with Crippen LogP contribution < -0.4 is 0 Å². The number of hydrogen-bond donors (Lipinski definition) is 1. The molecule has 72 valence electrons. The lowest BCUT2D eigenvalue weighted by atomic mass is 10.2. The van der Waals surface area contributed by atoms with Crippen molar-refractivity contribution < 1.29 is 14.3 Å². The van der Waals surface area contributed by atoms with Crippen molar-refractivity contribution in [2.24, 2.45) is 0 Å². The summed E-state index contributed by atoms with van der Waals surface area (Å²) < 4.78 is 5.30. The molecule has 3 nitrogen and oxygen atoms in total. The van der Waals surface area contributed by atoms with E-state index >= 15 is 0 Å². The van der Waals surface area contributed by atoms with E-state index in [-0.39, 0.29) is 6.42 Å². The Balaban J connectivity index is 2.57. The topological polar surface area (TPSA) is 50.4 Å². The maximum atomic E-state index is 10.5. The van der Waals surface area contributed by atoms with Crippen molar-refractivity contribution in [3.63, 3.8) is 0 Å². The van der Waals surface area contributed by atoms with E-state index < -0.39 is 5.97 Å². The molecule has 2 rings (SSSR count). The fourth-order valence-electron chi connectivity index (χ4n) is 1.32. The Bertz CT molecular complexity index is 487. The molecule has 14 heavy (non-hydrogen) atoms. The molecule has 0 aliphatic heterocycles. The molecule has 0 saturated carbocycles. The molecule has 0 aliphatic rings. The van der Waals surface area contributed by atoms with Crippen LogP contribution in [-0.2, 0) is 11.2 Å². The zero-order valence-corrected chi connectivity index (χ0v) is 7.91. The van der Waals surface area contributed by atoms with Gasteiger partial charge in [-0.2, -0.15) is 0 Å². The molecule has 1 aromatic heterocycles. The van der Waals surface area contributed by atoms with Crippen LogP contribution in [0.1, 0.15) is 5.76 Å². The number of para-hydroxylation sites is 1. The summed E-state index contributed by atoms with van der Waals surface area (Å²) >= 11 is 5.94. The van der Waals surface area contributed by atoms with Crippen LogP contribution in [0.3, 0.4) is 0 Å². The van der Waals surface area contributed by atoms with Crippen molar-refractivity contribution in [3.05, 3.63) is 35.0 Å². The Labute approximate surface area is 84.9 Å². The second kappa shape index (κ2) is 3.35. The van der Waals surface area contributed by atoms with E-state index in [2.05, 4.69) is 0 Å². The summed E-state index contributed by atoms with van der Waals surface area (Å²) in [7, 11) is 0. The minimum atomic E-state index is -0.953. The fourth-order valence-corrected chi connectivity index (χ4v) is 1.58. The maximum Gasteiger partial charge on any atom is 0.311 e. The van der Waals surface area contributed by atoms with Crippen molar-refractivity contribution in [2.45, 2.75) is 6.42 Å². The van der Waals surface area contributed by atoms with Crippen LogP contribution in [0, 0.1) is 0 Å². The number of rotatable bonds is 2. The number of carboxylic acids is 1. The van der Waals surface area contributed by atoms with E-state index in [0.29, 0.717) is 16.4 Å². The highest BCUT2D eigenvalue weighted by atomic mass is 35.5. The van der Waals surface area contributed by atoms with Gasteiger partial charge in [-0.15, -0.1) is 0 Å². The molecule has 1 heterocycles. The molecule has 1 aromatic carbocycles. The zero-order valence-electron chi connectivity index (χ0n) is 7.16. The van der Waals surface area contributed by atoms with E-state index in [9.17, 15) is 4.79 Å². The first-order chi connectivity index (χ1) is 6.68. The van der Waals surface area contributed by atoms with Gasteiger partial charge in [0, 0.05) is 5.39 Å². The first-order valence-corrected chi connectivity index (χ1v) is 4.44. The number of hydrogen-bond acceptors (Lipinski definition) is 2. The largest absolute Gasteiger partial charge is 0.481 e. The van der Waals surface area contributed by atoms with Gasteiger partial charge in [-0.3, -0.25) is 4.79 Å². The van der Waals surface area contributed by atoms with Gasteiger partial charge in [0.15, 0.2) is 0 Å². The van der Waals surface area contributed by atoms with Crippen LogP contribution in [0.5, 0.6) is 0 Å². The Hall–Kier alpha value is -1.48. The Morgan fingerprint density at radius 3 is 2.79 bits per heavy atom. The first kappa shape index (κ1) is 9.09. The van der Waals surface area contributed by atoms with Gasteiger partial charge in [-0.05, 0) is 12.1 Å². The predicted molar refractivity (Wildman–Crippen MR) is 52.6 cm³/mol. The summed E-state index contributed by atoms with van der Waals surface area (Å²) in [6, 6.07) is 7.19. The number of benzene rings is 1. The van der Waals surface area contributed by atoms with Crippen molar-refractivity contribution in [2.75, 3.05) is 0 Å². The molecule has 0 bridgehead atoms. The van der Waals surface area contributed by atoms with Gasteiger partial charge in [-0.1, -0.05) is 23.7 Å². The molecule has 0 spiro atoms. The number of aliphatic carboxylic acids is 1. The standard InChI is InChI=1S/C10H7ClO3/c11-10-6-3-1-2-4-7(6)14-8(10)5-9(12)13/h1-4H,5H2,(H,12,13). The third-order valence-corrected chi connectivity index (χ3v) is 2.33. The van der Waals surface area contributed by atoms with Gasteiger partial charge in [0.2, 0.25) is 0 Å². The number of halogens is 1. The van der Waals surface area contributed by atoms with Crippen LogP contribution >= 0.6 is 11.6 Å². The highest BCUT2D eigenvalue weighted by Crippen LogP contribution is 2.30. The summed E-state index contributed by atoms with van der Waals surface area (Å²) in [6.07, 6.45) is -0.187. The number of carbonyl (C=O) groups is 1. The van der Waals surface area contributed by atoms with Crippen molar-refractivity contribution >= 4 is 28.5 Å². The second-order valence-electron chi connectivity index (χ2n) is 2.91. The highest BCUT2D eigenvalue weighted by Gasteiger charge is 2.13. The number of carboxylic acid groups (broad SMARTS) is 1. The molecule has 0 aliphatic carbocycles. The molecule has 2 aromatic rings. The van der Waals surface area contributed by atoms with Gasteiger partial charge in [-0.25, -0.2) is 0 Å². The van der Waals surface area contributed by atoms with Gasteiger partial charge < -0.3 is 9.52 Å². The second-order valence-corrected chi connectivity index (χ2v) is 3.28. The van der Waals surface area contributed by atoms with Gasteiger partial charge in [0.25, 0.3) is 0 Å². The van der Waals surface area contributed by atoms with Gasteiger partial charge in [0.1, 0.15) is 17.8 Å². The monoisotopic (exact) mass is 210 g/mol. The molecule has 0 fully saturated rings. The summed E-state index contributed by atoms with van der Waals surface area (Å²) in [6.45, 7) is 0.